The number of fused-ring (bicyclic) bond motifs is 1. The lowest BCUT2D eigenvalue weighted by Gasteiger charge is -2.11. The highest BCUT2D eigenvalue weighted by Crippen LogP contribution is 2.21. The molecule has 3 rings (SSSR count). The van der Waals surface area contributed by atoms with E-state index < -0.39 is 0 Å². The third kappa shape index (κ3) is 3.61. The van der Waals surface area contributed by atoms with Gasteiger partial charge in [-0.15, -0.1) is 0 Å². The number of benzene rings is 1. The molecular formula is C16H20N2O3. The van der Waals surface area contributed by atoms with Crippen molar-refractivity contribution in [2.24, 2.45) is 0 Å². The van der Waals surface area contributed by atoms with E-state index in [1.807, 2.05) is 18.2 Å². The van der Waals surface area contributed by atoms with Gasteiger partial charge in [0.15, 0.2) is 0 Å². The van der Waals surface area contributed by atoms with Crippen molar-refractivity contribution in [2.45, 2.75) is 31.8 Å². The lowest BCUT2D eigenvalue weighted by Crippen LogP contribution is -2.14. The molecule has 0 atom stereocenters. The third-order valence-corrected chi connectivity index (χ3v) is 3.74. The van der Waals surface area contributed by atoms with Gasteiger partial charge in [0.05, 0.1) is 25.3 Å². The van der Waals surface area contributed by atoms with Crippen molar-refractivity contribution in [3.05, 3.63) is 24.4 Å². The van der Waals surface area contributed by atoms with E-state index in [1.54, 1.807) is 13.3 Å². The fourth-order valence-corrected chi connectivity index (χ4v) is 2.59. The van der Waals surface area contributed by atoms with Crippen LogP contribution < -0.4 is 9.47 Å². The smallest absolute Gasteiger partial charge is 0.316 e. The Labute approximate surface area is 124 Å². The number of aromatic nitrogens is 2. The standard InChI is InChI=1S/C16H20N2O3/c1-19-14-6-7-15-12(10-14)11-17-16(18-15)21-9-8-20-13-4-2-3-5-13/h6-7,10-11,13H,2-5,8-9H2,1H3. The molecule has 1 aliphatic rings. The van der Waals surface area contributed by atoms with Gasteiger partial charge in [0.2, 0.25) is 0 Å². The molecule has 0 radical (unpaired) electrons. The first-order valence-electron chi connectivity index (χ1n) is 7.40. The average Bonchev–Trinajstić information content (AvgIpc) is 3.04. The van der Waals surface area contributed by atoms with Crippen LogP contribution in [0.5, 0.6) is 11.8 Å². The minimum atomic E-state index is 0.391. The van der Waals surface area contributed by atoms with E-state index in [0.29, 0.717) is 25.3 Å². The monoisotopic (exact) mass is 288 g/mol. The van der Waals surface area contributed by atoms with Crippen LogP contribution in [0.4, 0.5) is 0 Å². The molecule has 0 N–H and O–H groups in total. The zero-order valence-electron chi connectivity index (χ0n) is 12.2. The van der Waals surface area contributed by atoms with Crippen LogP contribution in [0.3, 0.4) is 0 Å². The number of ether oxygens (including phenoxy) is 3. The predicted octanol–water partition coefficient (Wildman–Crippen LogP) is 2.98. The highest BCUT2D eigenvalue weighted by Gasteiger charge is 2.14. The van der Waals surface area contributed by atoms with Gasteiger partial charge in [-0.05, 0) is 31.0 Å². The van der Waals surface area contributed by atoms with Crippen molar-refractivity contribution in [3.8, 4) is 11.8 Å². The van der Waals surface area contributed by atoms with Crippen molar-refractivity contribution in [1.82, 2.24) is 9.97 Å². The molecule has 0 saturated heterocycles. The summed E-state index contributed by atoms with van der Waals surface area (Å²) in [6, 6.07) is 6.07. The van der Waals surface area contributed by atoms with Crippen LogP contribution in [0.2, 0.25) is 0 Å². The van der Waals surface area contributed by atoms with E-state index in [9.17, 15) is 0 Å². The predicted molar refractivity (Wildman–Crippen MR) is 79.8 cm³/mol. The van der Waals surface area contributed by atoms with Crippen LogP contribution in [0.25, 0.3) is 10.9 Å². The summed E-state index contributed by atoms with van der Waals surface area (Å²) in [4.78, 5) is 8.58. The molecule has 1 heterocycles. The Morgan fingerprint density at radius 2 is 2.05 bits per heavy atom. The van der Waals surface area contributed by atoms with Gasteiger partial charge in [0, 0.05) is 11.6 Å². The lowest BCUT2D eigenvalue weighted by atomic mass is 10.2. The average molecular weight is 288 g/mol. The maximum atomic E-state index is 5.75. The second-order valence-electron chi connectivity index (χ2n) is 5.20. The summed E-state index contributed by atoms with van der Waals surface area (Å²) in [5.41, 5.74) is 0.845. The topological polar surface area (TPSA) is 53.5 Å². The van der Waals surface area contributed by atoms with Gasteiger partial charge in [-0.25, -0.2) is 4.98 Å². The molecule has 1 fully saturated rings. The van der Waals surface area contributed by atoms with Crippen LogP contribution in [0.15, 0.2) is 24.4 Å². The van der Waals surface area contributed by atoms with Crippen LogP contribution in [-0.2, 0) is 4.74 Å². The van der Waals surface area contributed by atoms with E-state index in [1.165, 1.54) is 25.7 Å². The van der Waals surface area contributed by atoms with Crippen LogP contribution >= 0.6 is 0 Å². The third-order valence-electron chi connectivity index (χ3n) is 3.74. The van der Waals surface area contributed by atoms with Crippen molar-refractivity contribution in [3.63, 3.8) is 0 Å². The van der Waals surface area contributed by atoms with E-state index in [-0.39, 0.29) is 0 Å². The molecule has 1 aromatic carbocycles. The molecule has 0 unspecified atom stereocenters. The number of rotatable bonds is 6. The quantitative estimate of drug-likeness (QED) is 0.765. The SMILES string of the molecule is COc1ccc2nc(OCCOC3CCCC3)ncc2c1. The molecule has 5 heteroatoms. The molecule has 1 aromatic heterocycles. The van der Waals surface area contributed by atoms with Gasteiger partial charge in [-0.2, -0.15) is 4.98 Å². The molecule has 0 bridgehead atoms. The fraction of sp³-hybridized carbons (Fsp3) is 0.500. The number of hydrogen-bond acceptors (Lipinski definition) is 5. The Kier molecular flexibility index (Phi) is 4.50. The Morgan fingerprint density at radius 3 is 2.86 bits per heavy atom. The first-order valence-corrected chi connectivity index (χ1v) is 7.40. The Bertz CT molecular complexity index is 597. The lowest BCUT2D eigenvalue weighted by molar-refractivity contribution is 0.0365. The van der Waals surface area contributed by atoms with Gasteiger partial charge < -0.3 is 14.2 Å². The van der Waals surface area contributed by atoms with Crippen molar-refractivity contribution >= 4 is 10.9 Å². The molecule has 21 heavy (non-hydrogen) atoms. The normalized spacial score (nSPS) is 15.5. The van der Waals surface area contributed by atoms with E-state index in [2.05, 4.69) is 9.97 Å². The molecule has 5 nitrogen and oxygen atoms in total. The first kappa shape index (κ1) is 14.1. The largest absolute Gasteiger partial charge is 0.497 e. The molecule has 2 aromatic rings. The van der Waals surface area contributed by atoms with E-state index >= 15 is 0 Å². The van der Waals surface area contributed by atoms with Gasteiger partial charge in [-0.1, -0.05) is 12.8 Å². The maximum absolute atomic E-state index is 5.75. The Balaban J connectivity index is 1.54. The van der Waals surface area contributed by atoms with Crippen molar-refractivity contribution < 1.29 is 14.2 Å². The van der Waals surface area contributed by atoms with Crippen LogP contribution in [-0.4, -0.2) is 36.4 Å². The summed E-state index contributed by atoms with van der Waals surface area (Å²) in [6.45, 7) is 1.08. The van der Waals surface area contributed by atoms with Crippen molar-refractivity contribution in [1.29, 1.82) is 0 Å². The zero-order valence-corrected chi connectivity index (χ0v) is 12.2. The molecule has 112 valence electrons. The highest BCUT2D eigenvalue weighted by atomic mass is 16.5. The number of nitrogens with zero attached hydrogens (tertiary/aromatic N) is 2. The summed E-state index contributed by atoms with van der Waals surface area (Å²) in [5.74, 6) is 0.796. The maximum Gasteiger partial charge on any atom is 0.316 e. The zero-order chi connectivity index (χ0) is 14.5. The van der Waals surface area contributed by atoms with Gasteiger partial charge in [-0.3, -0.25) is 0 Å². The van der Waals surface area contributed by atoms with Crippen LogP contribution in [0, 0.1) is 0 Å². The van der Waals surface area contributed by atoms with Gasteiger partial charge >= 0.3 is 6.01 Å². The summed E-state index contributed by atoms with van der Waals surface area (Å²) in [7, 11) is 1.64. The fourth-order valence-electron chi connectivity index (χ4n) is 2.59. The summed E-state index contributed by atoms with van der Waals surface area (Å²) < 4.78 is 16.5. The molecule has 0 spiro atoms. The summed E-state index contributed by atoms with van der Waals surface area (Å²) in [5, 5.41) is 0.934. The van der Waals surface area contributed by atoms with E-state index in [0.717, 1.165) is 16.7 Å². The highest BCUT2D eigenvalue weighted by molar-refractivity contribution is 5.79. The van der Waals surface area contributed by atoms with E-state index in [4.69, 9.17) is 14.2 Å². The molecule has 0 aliphatic heterocycles. The molecular weight excluding hydrogens is 268 g/mol. The summed E-state index contributed by atoms with van der Waals surface area (Å²) in [6.07, 6.45) is 7.07. The minimum absolute atomic E-state index is 0.391. The van der Waals surface area contributed by atoms with Gasteiger partial charge in [0.1, 0.15) is 12.4 Å². The number of methoxy groups -OCH3 is 1. The molecule has 1 aliphatic carbocycles. The Morgan fingerprint density at radius 1 is 1.19 bits per heavy atom. The first-order chi connectivity index (χ1) is 10.3. The molecule has 0 amide bonds. The van der Waals surface area contributed by atoms with Crippen molar-refractivity contribution in [2.75, 3.05) is 20.3 Å². The second-order valence-corrected chi connectivity index (χ2v) is 5.20. The Hall–Kier alpha value is -1.88. The van der Waals surface area contributed by atoms with Gasteiger partial charge in [0.25, 0.3) is 0 Å². The minimum Gasteiger partial charge on any atom is -0.497 e. The number of hydrogen-bond donors (Lipinski definition) is 0. The van der Waals surface area contributed by atoms with Crippen LogP contribution in [0.1, 0.15) is 25.7 Å². The second kappa shape index (κ2) is 6.72. The summed E-state index contributed by atoms with van der Waals surface area (Å²) >= 11 is 0. The molecule has 1 saturated carbocycles.